The summed E-state index contributed by atoms with van der Waals surface area (Å²) in [5.74, 6) is -0.0430. The molecule has 3 rings (SSSR count). The lowest BCUT2D eigenvalue weighted by molar-refractivity contribution is 0.424. The quantitative estimate of drug-likeness (QED) is 0.674. The van der Waals surface area contributed by atoms with Crippen LogP contribution in [0.2, 0.25) is 0 Å². The lowest BCUT2D eigenvalue weighted by Gasteiger charge is -2.09. The Hall–Kier alpha value is -2.20. The molecule has 3 nitrogen and oxygen atoms in total. The van der Waals surface area contributed by atoms with Crippen molar-refractivity contribution in [3.8, 4) is 11.6 Å². The summed E-state index contributed by atoms with van der Waals surface area (Å²) < 4.78 is 19.7. The van der Waals surface area contributed by atoms with Gasteiger partial charge in [0.2, 0.25) is 0 Å². The van der Waals surface area contributed by atoms with Crippen LogP contribution in [0.25, 0.3) is 10.9 Å². The summed E-state index contributed by atoms with van der Waals surface area (Å²) in [6.07, 6.45) is 3.17. The van der Waals surface area contributed by atoms with Crippen LogP contribution in [0.4, 0.5) is 4.39 Å². The molecule has 0 saturated carbocycles. The monoisotopic (exact) mass is 288 g/mol. The normalized spacial score (nSPS) is 10.7. The fourth-order valence-electron chi connectivity index (χ4n) is 1.90. The van der Waals surface area contributed by atoms with Gasteiger partial charge in [0.1, 0.15) is 5.75 Å². The Bertz CT molecular complexity index is 758. The van der Waals surface area contributed by atoms with Crippen LogP contribution >= 0.6 is 11.6 Å². The molecule has 0 radical (unpaired) electrons. The number of hydrogen-bond donors (Lipinski definition) is 0. The Labute approximate surface area is 120 Å². The second kappa shape index (κ2) is 5.43. The fourth-order valence-corrected chi connectivity index (χ4v) is 2.11. The van der Waals surface area contributed by atoms with E-state index in [4.69, 9.17) is 16.3 Å². The van der Waals surface area contributed by atoms with Crippen molar-refractivity contribution in [3.05, 3.63) is 60.2 Å². The maximum atomic E-state index is 14.1. The van der Waals surface area contributed by atoms with Crippen molar-refractivity contribution in [1.29, 1.82) is 0 Å². The SMILES string of the molecule is Fc1c(CCl)ccnc1Oc1cccc2ncccc12. The zero-order chi connectivity index (χ0) is 13.9. The minimum absolute atomic E-state index is 0.0712. The molecule has 0 unspecified atom stereocenters. The highest BCUT2D eigenvalue weighted by molar-refractivity contribution is 6.17. The maximum absolute atomic E-state index is 14.1. The molecule has 0 atom stereocenters. The predicted octanol–water partition coefficient (Wildman–Crippen LogP) is 4.30. The molecule has 0 aliphatic heterocycles. The van der Waals surface area contributed by atoms with Crippen LogP contribution in [-0.4, -0.2) is 9.97 Å². The fraction of sp³-hybridized carbons (Fsp3) is 0.0667. The summed E-state index contributed by atoms with van der Waals surface area (Å²) in [4.78, 5) is 8.14. The molecule has 0 spiro atoms. The Balaban J connectivity index is 2.06. The maximum Gasteiger partial charge on any atom is 0.256 e. The van der Waals surface area contributed by atoms with Gasteiger partial charge in [0, 0.05) is 23.3 Å². The molecule has 2 aromatic heterocycles. The number of halogens is 2. The number of rotatable bonds is 3. The summed E-state index contributed by atoms with van der Waals surface area (Å²) in [5.41, 5.74) is 1.13. The van der Waals surface area contributed by atoms with Crippen LogP contribution in [0.15, 0.2) is 48.8 Å². The Morgan fingerprint density at radius 3 is 2.80 bits per heavy atom. The first-order valence-corrected chi connectivity index (χ1v) is 6.54. The average Bonchev–Trinajstić information content (AvgIpc) is 2.50. The van der Waals surface area contributed by atoms with Gasteiger partial charge in [-0.05, 0) is 30.3 Å². The summed E-state index contributed by atoms with van der Waals surface area (Å²) in [7, 11) is 0. The van der Waals surface area contributed by atoms with Crippen molar-refractivity contribution in [2.24, 2.45) is 0 Å². The van der Waals surface area contributed by atoms with Crippen molar-refractivity contribution in [2.45, 2.75) is 5.88 Å². The van der Waals surface area contributed by atoms with Crippen LogP contribution in [0.5, 0.6) is 11.6 Å². The average molecular weight is 289 g/mol. The summed E-state index contributed by atoms with van der Waals surface area (Å²) in [6.45, 7) is 0. The van der Waals surface area contributed by atoms with E-state index in [1.54, 1.807) is 24.4 Å². The van der Waals surface area contributed by atoms with Crippen molar-refractivity contribution >= 4 is 22.5 Å². The first kappa shape index (κ1) is 12.8. The van der Waals surface area contributed by atoms with Crippen LogP contribution in [0.3, 0.4) is 0 Å². The van der Waals surface area contributed by atoms with Crippen molar-refractivity contribution < 1.29 is 9.13 Å². The van der Waals surface area contributed by atoms with Crippen molar-refractivity contribution in [2.75, 3.05) is 0 Å². The molecule has 5 heteroatoms. The molecule has 0 aliphatic rings. The van der Waals surface area contributed by atoms with Gasteiger partial charge >= 0.3 is 0 Å². The molecular weight excluding hydrogens is 279 g/mol. The van der Waals surface area contributed by atoms with E-state index in [9.17, 15) is 4.39 Å². The van der Waals surface area contributed by atoms with E-state index in [2.05, 4.69) is 9.97 Å². The number of nitrogens with zero attached hydrogens (tertiary/aromatic N) is 2. The summed E-state index contributed by atoms with van der Waals surface area (Å²) in [6, 6.07) is 10.6. The van der Waals surface area contributed by atoms with Gasteiger partial charge in [0.25, 0.3) is 5.88 Å². The Kier molecular flexibility index (Phi) is 3.48. The number of ether oxygens (including phenoxy) is 1. The zero-order valence-electron chi connectivity index (χ0n) is 10.4. The number of fused-ring (bicyclic) bond motifs is 1. The van der Waals surface area contributed by atoms with E-state index < -0.39 is 5.82 Å². The number of aromatic nitrogens is 2. The molecular formula is C15H10ClFN2O. The molecule has 0 aliphatic carbocycles. The second-order valence-electron chi connectivity index (χ2n) is 4.15. The molecule has 20 heavy (non-hydrogen) atoms. The lowest BCUT2D eigenvalue weighted by atomic mass is 10.2. The van der Waals surface area contributed by atoms with Gasteiger partial charge in [-0.3, -0.25) is 4.98 Å². The second-order valence-corrected chi connectivity index (χ2v) is 4.42. The minimum Gasteiger partial charge on any atom is -0.436 e. The third-order valence-corrected chi connectivity index (χ3v) is 3.18. The highest BCUT2D eigenvalue weighted by Gasteiger charge is 2.12. The molecule has 0 amide bonds. The molecule has 2 heterocycles. The van der Waals surface area contributed by atoms with Gasteiger partial charge in [0.05, 0.1) is 11.4 Å². The van der Waals surface area contributed by atoms with E-state index in [0.29, 0.717) is 11.3 Å². The molecule has 0 bridgehead atoms. The van der Waals surface area contributed by atoms with Crippen LogP contribution < -0.4 is 4.74 Å². The minimum atomic E-state index is -0.539. The number of pyridine rings is 2. The molecule has 0 N–H and O–H groups in total. The molecule has 100 valence electrons. The smallest absolute Gasteiger partial charge is 0.256 e. The van der Waals surface area contributed by atoms with E-state index in [1.807, 2.05) is 12.1 Å². The third-order valence-electron chi connectivity index (χ3n) is 2.89. The van der Waals surface area contributed by atoms with Gasteiger partial charge in [-0.15, -0.1) is 11.6 Å². The Morgan fingerprint density at radius 1 is 1.05 bits per heavy atom. The van der Waals surface area contributed by atoms with E-state index >= 15 is 0 Å². The van der Waals surface area contributed by atoms with Crippen LogP contribution in [0.1, 0.15) is 5.56 Å². The van der Waals surface area contributed by atoms with Gasteiger partial charge in [0.15, 0.2) is 5.82 Å². The highest BCUT2D eigenvalue weighted by Crippen LogP contribution is 2.30. The number of alkyl halides is 1. The number of benzene rings is 1. The van der Waals surface area contributed by atoms with Crippen molar-refractivity contribution in [1.82, 2.24) is 9.97 Å². The lowest BCUT2D eigenvalue weighted by Crippen LogP contribution is -1.96. The highest BCUT2D eigenvalue weighted by atomic mass is 35.5. The van der Waals surface area contributed by atoms with Gasteiger partial charge in [-0.25, -0.2) is 9.37 Å². The van der Waals surface area contributed by atoms with Crippen LogP contribution in [-0.2, 0) is 5.88 Å². The van der Waals surface area contributed by atoms with Crippen molar-refractivity contribution in [3.63, 3.8) is 0 Å². The van der Waals surface area contributed by atoms with Gasteiger partial charge in [-0.1, -0.05) is 6.07 Å². The summed E-state index contributed by atoms with van der Waals surface area (Å²) in [5, 5.41) is 0.799. The van der Waals surface area contributed by atoms with E-state index in [-0.39, 0.29) is 11.8 Å². The molecule has 0 saturated heterocycles. The number of hydrogen-bond acceptors (Lipinski definition) is 3. The van der Waals surface area contributed by atoms with Crippen LogP contribution in [0, 0.1) is 5.82 Å². The van der Waals surface area contributed by atoms with Gasteiger partial charge in [-0.2, -0.15) is 0 Å². The molecule has 1 aromatic carbocycles. The first-order chi connectivity index (χ1) is 9.79. The standard InChI is InChI=1S/C15H10ClFN2O/c16-9-10-6-8-19-15(14(10)17)20-13-5-1-4-12-11(13)3-2-7-18-12/h1-8H,9H2. The molecule has 0 fully saturated rings. The first-order valence-electron chi connectivity index (χ1n) is 6.00. The largest absolute Gasteiger partial charge is 0.436 e. The molecule has 3 aromatic rings. The third kappa shape index (κ3) is 2.30. The van der Waals surface area contributed by atoms with E-state index in [1.165, 1.54) is 12.3 Å². The zero-order valence-corrected chi connectivity index (χ0v) is 11.1. The Morgan fingerprint density at radius 2 is 1.95 bits per heavy atom. The van der Waals surface area contributed by atoms with E-state index in [0.717, 1.165) is 10.9 Å². The topological polar surface area (TPSA) is 35.0 Å². The predicted molar refractivity (Wildman–Crippen MR) is 75.6 cm³/mol. The van der Waals surface area contributed by atoms with Gasteiger partial charge < -0.3 is 4.74 Å². The summed E-state index contributed by atoms with van der Waals surface area (Å²) >= 11 is 5.67.